The number of rotatable bonds is 3. The summed E-state index contributed by atoms with van der Waals surface area (Å²) in [6, 6.07) is 7.32. The molecule has 0 unspecified atom stereocenters. The van der Waals surface area contributed by atoms with Gasteiger partial charge in [0.05, 0.1) is 5.69 Å². The zero-order valence-electron chi connectivity index (χ0n) is 10.2. The summed E-state index contributed by atoms with van der Waals surface area (Å²) in [6.07, 6.45) is 0.767. The number of hydrogen-bond acceptors (Lipinski definition) is 5. The van der Waals surface area contributed by atoms with Crippen LogP contribution in [0, 0.1) is 0 Å². The molecule has 2 aromatic rings. The van der Waals surface area contributed by atoms with E-state index in [2.05, 4.69) is 10.2 Å². The molecule has 1 aromatic carbocycles. The molecule has 98 valence electrons. The van der Waals surface area contributed by atoms with Gasteiger partial charge in [-0.05, 0) is 18.1 Å². The van der Waals surface area contributed by atoms with Gasteiger partial charge >= 0.3 is 5.69 Å². The summed E-state index contributed by atoms with van der Waals surface area (Å²) in [7, 11) is 0. The van der Waals surface area contributed by atoms with Gasteiger partial charge in [0, 0.05) is 0 Å². The lowest BCUT2D eigenvalue weighted by molar-refractivity contribution is 0.450. The lowest BCUT2D eigenvalue weighted by atomic mass is 10.1. The number of H-pyrrole nitrogens is 2. The van der Waals surface area contributed by atoms with E-state index in [0.717, 1.165) is 12.0 Å². The van der Waals surface area contributed by atoms with E-state index in [9.17, 15) is 14.7 Å². The average Bonchev–Trinajstić information content (AvgIpc) is 2.38. The minimum Gasteiger partial charge on any atom is -0.493 e. The SMILES string of the molecule is CCc1ccccc1N=Nc1c(O)[nH]c(=O)[nH]c1=O. The fraction of sp³-hybridized carbons (Fsp3) is 0.167. The number of benzene rings is 1. The zero-order valence-corrected chi connectivity index (χ0v) is 10.2. The Morgan fingerprint density at radius 2 is 1.89 bits per heavy atom. The van der Waals surface area contributed by atoms with Gasteiger partial charge in [-0.25, -0.2) is 4.79 Å². The van der Waals surface area contributed by atoms with Crippen molar-refractivity contribution in [1.82, 2.24) is 9.97 Å². The van der Waals surface area contributed by atoms with E-state index in [0.29, 0.717) is 5.69 Å². The predicted octanol–water partition coefficient (Wildman–Crippen LogP) is 1.75. The third kappa shape index (κ3) is 2.76. The smallest absolute Gasteiger partial charge is 0.328 e. The second-order valence-corrected chi connectivity index (χ2v) is 3.79. The second-order valence-electron chi connectivity index (χ2n) is 3.79. The van der Waals surface area contributed by atoms with Crippen molar-refractivity contribution < 1.29 is 5.11 Å². The van der Waals surface area contributed by atoms with Crippen molar-refractivity contribution in [3.8, 4) is 5.88 Å². The molecule has 19 heavy (non-hydrogen) atoms. The molecule has 2 rings (SSSR count). The summed E-state index contributed by atoms with van der Waals surface area (Å²) in [5.41, 5.74) is -0.346. The summed E-state index contributed by atoms with van der Waals surface area (Å²) in [4.78, 5) is 26.3. The molecule has 0 fully saturated rings. The molecule has 3 N–H and O–H groups in total. The van der Waals surface area contributed by atoms with Gasteiger partial charge < -0.3 is 5.11 Å². The van der Waals surface area contributed by atoms with Gasteiger partial charge in [0.2, 0.25) is 11.6 Å². The minimum atomic E-state index is -0.796. The normalized spacial score (nSPS) is 11.0. The van der Waals surface area contributed by atoms with E-state index >= 15 is 0 Å². The lowest BCUT2D eigenvalue weighted by Gasteiger charge is -2.00. The quantitative estimate of drug-likeness (QED) is 0.731. The Morgan fingerprint density at radius 3 is 2.58 bits per heavy atom. The Morgan fingerprint density at radius 1 is 1.16 bits per heavy atom. The lowest BCUT2D eigenvalue weighted by Crippen LogP contribution is -2.20. The number of aryl methyl sites for hydroxylation is 1. The molecular formula is C12H12N4O3. The maximum absolute atomic E-state index is 11.4. The van der Waals surface area contributed by atoms with Crippen LogP contribution in [0.5, 0.6) is 5.88 Å². The van der Waals surface area contributed by atoms with E-state index in [4.69, 9.17) is 0 Å². The molecular weight excluding hydrogens is 248 g/mol. The van der Waals surface area contributed by atoms with Crippen LogP contribution in [0.15, 0.2) is 44.1 Å². The van der Waals surface area contributed by atoms with Gasteiger partial charge in [-0.2, -0.15) is 0 Å². The van der Waals surface area contributed by atoms with Crippen LogP contribution in [0.2, 0.25) is 0 Å². The van der Waals surface area contributed by atoms with Crippen molar-refractivity contribution in [3.63, 3.8) is 0 Å². The highest BCUT2D eigenvalue weighted by atomic mass is 16.3. The van der Waals surface area contributed by atoms with Crippen molar-refractivity contribution in [2.45, 2.75) is 13.3 Å². The molecule has 0 aliphatic heterocycles. The molecule has 7 nitrogen and oxygen atoms in total. The summed E-state index contributed by atoms with van der Waals surface area (Å²) in [5.74, 6) is -0.605. The maximum Gasteiger partial charge on any atom is 0.328 e. The van der Waals surface area contributed by atoms with E-state index in [-0.39, 0.29) is 5.69 Å². The molecule has 1 aromatic heterocycles. The summed E-state index contributed by atoms with van der Waals surface area (Å²) < 4.78 is 0. The van der Waals surface area contributed by atoms with Gasteiger partial charge in [0.15, 0.2) is 0 Å². The first kappa shape index (κ1) is 12.7. The number of nitrogens with zero attached hydrogens (tertiary/aromatic N) is 2. The first-order chi connectivity index (χ1) is 9.11. The third-order valence-corrected chi connectivity index (χ3v) is 2.53. The van der Waals surface area contributed by atoms with Crippen LogP contribution in [0.3, 0.4) is 0 Å². The number of aromatic nitrogens is 2. The van der Waals surface area contributed by atoms with Crippen LogP contribution in [0.1, 0.15) is 12.5 Å². The van der Waals surface area contributed by atoms with Crippen molar-refractivity contribution in [2.75, 3.05) is 0 Å². The topological polar surface area (TPSA) is 111 Å². The third-order valence-electron chi connectivity index (χ3n) is 2.53. The maximum atomic E-state index is 11.4. The summed E-state index contributed by atoms with van der Waals surface area (Å²) in [6.45, 7) is 1.97. The molecule has 0 radical (unpaired) electrons. The molecule has 0 atom stereocenters. The highest BCUT2D eigenvalue weighted by molar-refractivity contribution is 5.47. The Kier molecular flexibility index (Phi) is 3.56. The minimum absolute atomic E-state index is 0.328. The van der Waals surface area contributed by atoms with E-state index < -0.39 is 17.1 Å². The highest BCUT2D eigenvalue weighted by Crippen LogP contribution is 2.23. The molecule has 0 saturated heterocycles. The largest absolute Gasteiger partial charge is 0.493 e. The molecule has 0 amide bonds. The standard InChI is InChI=1S/C12H12N4O3/c1-2-7-5-3-4-6-8(7)15-16-9-10(17)13-12(19)14-11(9)18/h3-6H,2H2,1H3,(H3,13,14,17,18,19). The van der Waals surface area contributed by atoms with E-state index in [1.165, 1.54) is 0 Å². The number of aromatic hydroxyl groups is 1. The van der Waals surface area contributed by atoms with E-state index in [1.807, 2.05) is 29.0 Å². The van der Waals surface area contributed by atoms with Crippen LogP contribution in [0.25, 0.3) is 0 Å². The fourth-order valence-electron chi connectivity index (χ4n) is 1.57. The van der Waals surface area contributed by atoms with Gasteiger partial charge in [-0.3, -0.25) is 14.8 Å². The van der Waals surface area contributed by atoms with Gasteiger partial charge in [0.1, 0.15) is 0 Å². The fourth-order valence-corrected chi connectivity index (χ4v) is 1.57. The average molecular weight is 260 g/mol. The molecule has 0 spiro atoms. The van der Waals surface area contributed by atoms with Crippen molar-refractivity contribution in [2.24, 2.45) is 10.2 Å². The molecule has 0 aliphatic rings. The number of azo groups is 1. The predicted molar refractivity (Wildman–Crippen MR) is 69.3 cm³/mol. The number of nitrogens with one attached hydrogen (secondary N) is 2. The van der Waals surface area contributed by atoms with Crippen LogP contribution < -0.4 is 11.2 Å². The second kappa shape index (κ2) is 5.30. The Labute approximate surface area is 107 Å². The highest BCUT2D eigenvalue weighted by Gasteiger charge is 2.07. The van der Waals surface area contributed by atoms with Gasteiger partial charge in [-0.1, -0.05) is 25.1 Å². The van der Waals surface area contributed by atoms with Crippen molar-refractivity contribution in [1.29, 1.82) is 0 Å². The molecule has 1 heterocycles. The first-order valence-electron chi connectivity index (χ1n) is 5.67. The number of aromatic amines is 2. The van der Waals surface area contributed by atoms with Crippen molar-refractivity contribution >= 4 is 11.4 Å². The number of hydrogen-bond donors (Lipinski definition) is 3. The van der Waals surface area contributed by atoms with Crippen LogP contribution >= 0.6 is 0 Å². The van der Waals surface area contributed by atoms with Crippen LogP contribution in [-0.2, 0) is 6.42 Å². The summed E-state index contributed by atoms with van der Waals surface area (Å²) >= 11 is 0. The van der Waals surface area contributed by atoms with Gasteiger partial charge in [-0.15, -0.1) is 10.2 Å². The molecule has 0 aliphatic carbocycles. The van der Waals surface area contributed by atoms with Crippen molar-refractivity contribution in [3.05, 3.63) is 50.7 Å². The zero-order chi connectivity index (χ0) is 13.8. The first-order valence-corrected chi connectivity index (χ1v) is 5.67. The van der Waals surface area contributed by atoms with Crippen LogP contribution in [-0.4, -0.2) is 15.1 Å². The Balaban J connectivity index is 2.44. The molecule has 0 bridgehead atoms. The van der Waals surface area contributed by atoms with Crippen LogP contribution in [0.4, 0.5) is 11.4 Å². The Bertz CT molecular complexity index is 730. The van der Waals surface area contributed by atoms with Gasteiger partial charge in [0.25, 0.3) is 5.56 Å². The molecule has 0 saturated carbocycles. The monoisotopic (exact) mass is 260 g/mol. The molecule has 7 heteroatoms. The Hall–Kier alpha value is -2.70. The summed E-state index contributed by atoms with van der Waals surface area (Å²) in [5, 5.41) is 17.1. The van der Waals surface area contributed by atoms with E-state index in [1.54, 1.807) is 12.1 Å².